The Morgan fingerprint density at radius 3 is 2.56 bits per heavy atom. The highest BCUT2D eigenvalue weighted by Gasteiger charge is 2.20. The summed E-state index contributed by atoms with van der Waals surface area (Å²) in [6.07, 6.45) is 3.59. The number of nitrogens with zero attached hydrogens (tertiary/aromatic N) is 3. The molecule has 0 amide bonds. The predicted octanol–water partition coefficient (Wildman–Crippen LogP) is 2.74. The van der Waals surface area contributed by atoms with Gasteiger partial charge < -0.3 is 4.90 Å². The number of anilines is 1. The molecule has 3 heteroatoms. The van der Waals surface area contributed by atoms with Crippen molar-refractivity contribution in [1.29, 1.82) is 5.26 Å². The molecule has 0 saturated carbocycles. The van der Waals surface area contributed by atoms with Crippen LogP contribution in [0, 0.1) is 11.3 Å². The largest absolute Gasteiger partial charge is 0.362 e. The molecule has 3 nitrogen and oxygen atoms in total. The Labute approximate surface area is 97.0 Å². The monoisotopic (exact) mass is 215 g/mol. The quantitative estimate of drug-likeness (QED) is 0.728. The van der Waals surface area contributed by atoms with E-state index in [1.54, 1.807) is 12.3 Å². The molecule has 1 aromatic rings. The van der Waals surface area contributed by atoms with Gasteiger partial charge in [-0.3, -0.25) is 0 Å². The Kier molecular flexibility index (Phi) is 3.68. The fourth-order valence-electron chi connectivity index (χ4n) is 1.51. The molecule has 0 unspecified atom stereocenters. The average molecular weight is 215 g/mol. The SMILES string of the molecule is C=CCN(c1ccc(C#N)nc1)C(C)(C)C. The van der Waals surface area contributed by atoms with Crippen LogP contribution in [0.4, 0.5) is 5.69 Å². The number of rotatable bonds is 3. The molecule has 0 bridgehead atoms. The van der Waals surface area contributed by atoms with Crippen molar-refractivity contribution in [3.63, 3.8) is 0 Å². The number of hydrogen-bond acceptors (Lipinski definition) is 3. The number of nitriles is 1. The zero-order valence-electron chi connectivity index (χ0n) is 10.1. The van der Waals surface area contributed by atoms with Gasteiger partial charge in [0.2, 0.25) is 0 Å². The minimum atomic E-state index is 0.00400. The fraction of sp³-hybridized carbons (Fsp3) is 0.385. The van der Waals surface area contributed by atoms with Crippen molar-refractivity contribution in [1.82, 2.24) is 4.98 Å². The maximum atomic E-state index is 8.69. The smallest absolute Gasteiger partial charge is 0.140 e. The average Bonchev–Trinajstić information content (AvgIpc) is 2.25. The number of aromatic nitrogens is 1. The summed E-state index contributed by atoms with van der Waals surface area (Å²) < 4.78 is 0. The summed E-state index contributed by atoms with van der Waals surface area (Å²) in [5, 5.41) is 8.69. The molecule has 0 aliphatic heterocycles. The van der Waals surface area contributed by atoms with E-state index in [4.69, 9.17) is 5.26 Å². The van der Waals surface area contributed by atoms with E-state index in [1.165, 1.54) is 0 Å². The van der Waals surface area contributed by atoms with Gasteiger partial charge in [-0.1, -0.05) is 6.08 Å². The van der Waals surface area contributed by atoms with Crippen LogP contribution in [0.25, 0.3) is 0 Å². The molecule has 0 aromatic carbocycles. The second-order valence-electron chi connectivity index (χ2n) is 4.58. The molecular formula is C13H17N3. The predicted molar refractivity (Wildman–Crippen MR) is 66.2 cm³/mol. The molecule has 16 heavy (non-hydrogen) atoms. The van der Waals surface area contributed by atoms with Crippen LogP contribution in [0.15, 0.2) is 31.0 Å². The highest BCUT2D eigenvalue weighted by atomic mass is 15.2. The Hall–Kier alpha value is -1.82. The van der Waals surface area contributed by atoms with E-state index in [9.17, 15) is 0 Å². The van der Waals surface area contributed by atoms with Crippen molar-refractivity contribution in [3.05, 3.63) is 36.7 Å². The lowest BCUT2D eigenvalue weighted by Gasteiger charge is -2.36. The summed E-state index contributed by atoms with van der Waals surface area (Å²) in [5.41, 5.74) is 1.45. The Morgan fingerprint density at radius 2 is 2.19 bits per heavy atom. The minimum absolute atomic E-state index is 0.00400. The topological polar surface area (TPSA) is 39.9 Å². The second-order valence-corrected chi connectivity index (χ2v) is 4.58. The molecule has 0 atom stereocenters. The van der Waals surface area contributed by atoms with Crippen molar-refractivity contribution >= 4 is 5.69 Å². The highest BCUT2D eigenvalue weighted by Crippen LogP contribution is 2.22. The van der Waals surface area contributed by atoms with Crippen LogP contribution < -0.4 is 4.90 Å². The molecular weight excluding hydrogens is 198 g/mol. The Balaban J connectivity index is 3.03. The van der Waals surface area contributed by atoms with Crippen LogP contribution in [0.2, 0.25) is 0 Å². The lowest BCUT2D eigenvalue weighted by molar-refractivity contribution is 0.522. The Morgan fingerprint density at radius 1 is 1.50 bits per heavy atom. The van der Waals surface area contributed by atoms with E-state index in [0.29, 0.717) is 5.69 Å². The first-order valence-electron chi connectivity index (χ1n) is 5.23. The van der Waals surface area contributed by atoms with Crippen LogP contribution >= 0.6 is 0 Å². The molecule has 1 aromatic heterocycles. The molecule has 0 aliphatic rings. The highest BCUT2D eigenvalue weighted by molar-refractivity contribution is 5.48. The summed E-state index contributed by atoms with van der Waals surface area (Å²) >= 11 is 0. The molecule has 0 N–H and O–H groups in total. The molecule has 0 saturated heterocycles. The fourth-order valence-corrected chi connectivity index (χ4v) is 1.51. The van der Waals surface area contributed by atoms with Gasteiger partial charge in [-0.05, 0) is 32.9 Å². The van der Waals surface area contributed by atoms with Crippen LogP contribution in [-0.2, 0) is 0 Å². The van der Waals surface area contributed by atoms with Crippen LogP contribution in [-0.4, -0.2) is 17.1 Å². The summed E-state index contributed by atoms with van der Waals surface area (Å²) in [4.78, 5) is 6.27. The van der Waals surface area contributed by atoms with Crippen molar-refractivity contribution < 1.29 is 0 Å². The summed E-state index contributed by atoms with van der Waals surface area (Å²) in [7, 11) is 0. The zero-order valence-corrected chi connectivity index (χ0v) is 10.1. The summed E-state index contributed by atoms with van der Waals surface area (Å²) in [6, 6.07) is 5.66. The second kappa shape index (κ2) is 4.80. The van der Waals surface area contributed by atoms with E-state index >= 15 is 0 Å². The van der Waals surface area contributed by atoms with E-state index in [0.717, 1.165) is 12.2 Å². The van der Waals surface area contributed by atoms with Crippen LogP contribution in [0.3, 0.4) is 0 Å². The van der Waals surface area contributed by atoms with E-state index in [-0.39, 0.29) is 5.54 Å². The van der Waals surface area contributed by atoms with Gasteiger partial charge in [0.25, 0.3) is 0 Å². The van der Waals surface area contributed by atoms with Crippen LogP contribution in [0.5, 0.6) is 0 Å². The van der Waals surface area contributed by atoms with E-state index in [2.05, 4.69) is 37.2 Å². The molecule has 0 spiro atoms. The number of pyridine rings is 1. The van der Waals surface area contributed by atoms with Crippen LogP contribution in [0.1, 0.15) is 26.5 Å². The third kappa shape index (κ3) is 2.83. The molecule has 0 aliphatic carbocycles. The van der Waals surface area contributed by atoms with Gasteiger partial charge in [0.05, 0.1) is 11.9 Å². The van der Waals surface area contributed by atoms with Gasteiger partial charge >= 0.3 is 0 Å². The third-order valence-electron chi connectivity index (χ3n) is 2.30. The van der Waals surface area contributed by atoms with Gasteiger partial charge in [0.1, 0.15) is 11.8 Å². The normalized spacial score (nSPS) is 10.6. The van der Waals surface area contributed by atoms with Gasteiger partial charge in [-0.25, -0.2) is 4.98 Å². The van der Waals surface area contributed by atoms with Crippen molar-refractivity contribution in [2.24, 2.45) is 0 Å². The molecule has 1 heterocycles. The molecule has 1 rings (SSSR count). The van der Waals surface area contributed by atoms with Gasteiger partial charge in [-0.15, -0.1) is 6.58 Å². The van der Waals surface area contributed by atoms with Crippen molar-refractivity contribution in [3.8, 4) is 6.07 Å². The van der Waals surface area contributed by atoms with Gasteiger partial charge in [0.15, 0.2) is 0 Å². The number of hydrogen-bond donors (Lipinski definition) is 0. The summed E-state index contributed by atoms with van der Waals surface area (Å²) in [5.74, 6) is 0. The van der Waals surface area contributed by atoms with E-state index in [1.807, 2.05) is 18.2 Å². The first-order valence-corrected chi connectivity index (χ1v) is 5.23. The maximum absolute atomic E-state index is 8.69. The first-order chi connectivity index (χ1) is 7.49. The van der Waals surface area contributed by atoms with E-state index < -0.39 is 0 Å². The van der Waals surface area contributed by atoms with Crippen molar-refractivity contribution in [2.75, 3.05) is 11.4 Å². The van der Waals surface area contributed by atoms with Gasteiger partial charge in [-0.2, -0.15) is 5.26 Å². The minimum Gasteiger partial charge on any atom is -0.362 e. The lowest BCUT2D eigenvalue weighted by atomic mass is 10.1. The lowest BCUT2D eigenvalue weighted by Crippen LogP contribution is -2.41. The maximum Gasteiger partial charge on any atom is 0.140 e. The summed E-state index contributed by atoms with van der Waals surface area (Å²) in [6.45, 7) is 10.9. The van der Waals surface area contributed by atoms with Crippen molar-refractivity contribution in [2.45, 2.75) is 26.3 Å². The third-order valence-corrected chi connectivity index (χ3v) is 2.30. The molecule has 84 valence electrons. The van der Waals surface area contributed by atoms with Gasteiger partial charge in [0, 0.05) is 12.1 Å². The molecule has 0 radical (unpaired) electrons. The zero-order chi connectivity index (χ0) is 12.2. The Bertz CT molecular complexity index is 393. The molecule has 0 fully saturated rings. The standard InChI is InChI=1S/C13H17N3/c1-5-8-16(13(2,3)4)12-7-6-11(9-14)15-10-12/h5-7,10H,1,8H2,2-4H3. The first kappa shape index (κ1) is 12.3.